The van der Waals surface area contributed by atoms with E-state index in [4.69, 9.17) is 9.52 Å². The van der Waals surface area contributed by atoms with Gasteiger partial charge < -0.3 is 19.7 Å². The normalized spacial score (nSPS) is 11.2. The molecule has 0 aliphatic heterocycles. The van der Waals surface area contributed by atoms with Crippen molar-refractivity contribution in [2.75, 3.05) is 0 Å². The molecular weight excluding hydrogens is 396 g/mol. The van der Waals surface area contributed by atoms with Crippen molar-refractivity contribution in [2.24, 2.45) is 0 Å². The van der Waals surface area contributed by atoms with Gasteiger partial charge in [0, 0.05) is 23.3 Å². The average molecular weight is 412 g/mol. The average Bonchev–Trinajstić information content (AvgIpc) is 3.19. The third-order valence-electron chi connectivity index (χ3n) is 5.16. The van der Waals surface area contributed by atoms with Crippen LogP contribution in [0.3, 0.4) is 0 Å². The lowest BCUT2D eigenvalue weighted by Gasteiger charge is -2.08. The fraction of sp³-hybridized carbons (Fsp3) is 0.0417. The Balaban J connectivity index is 1.49. The van der Waals surface area contributed by atoms with Crippen molar-refractivity contribution >= 4 is 27.8 Å². The zero-order valence-corrected chi connectivity index (χ0v) is 16.1. The maximum Gasteiger partial charge on any atom is 0.335 e. The number of benzene rings is 3. The van der Waals surface area contributed by atoms with Gasteiger partial charge in [-0.3, -0.25) is 4.98 Å². The van der Waals surface area contributed by atoms with Crippen molar-refractivity contribution in [1.82, 2.24) is 9.97 Å². The Morgan fingerprint density at radius 3 is 2.48 bits per heavy atom. The van der Waals surface area contributed by atoms with Crippen molar-refractivity contribution in [1.29, 1.82) is 0 Å². The number of carboxylic acid groups (broad SMARTS) is 1. The van der Waals surface area contributed by atoms with Gasteiger partial charge in [0.25, 0.3) is 0 Å². The molecule has 7 nitrogen and oxygen atoms in total. The molecule has 0 bridgehead atoms. The topological polar surface area (TPSA) is 117 Å². The molecule has 0 atom stereocenters. The Morgan fingerprint density at radius 1 is 0.935 bits per heavy atom. The number of carboxylic acids is 1. The van der Waals surface area contributed by atoms with E-state index in [-0.39, 0.29) is 17.1 Å². The first-order valence-corrected chi connectivity index (χ1v) is 9.50. The highest BCUT2D eigenvalue weighted by Gasteiger charge is 2.12. The molecule has 5 aromatic rings. The fourth-order valence-electron chi connectivity index (χ4n) is 3.58. The summed E-state index contributed by atoms with van der Waals surface area (Å²) in [6, 6.07) is 15.1. The predicted octanol–water partition coefficient (Wildman–Crippen LogP) is 4.74. The Hall–Kier alpha value is -4.39. The van der Waals surface area contributed by atoms with Crippen molar-refractivity contribution in [2.45, 2.75) is 6.42 Å². The van der Waals surface area contributed by atoms with Gasteiger partial charge in [-0.05, 0) is 71.5 Å². The number of phenols is 2. The number of hydrogen-bond donors (Lipinski definition) is 3. The van der Waals surface area contributed by atoms with Crippen molar-refractivity contribution in [3.8, 4) is 23.0 Å². The molecule has 0 fully saturated rings. The molecule has 152 valence electrons. The van der Waals surface area contributed by atoms with E-state index in [1.807, 2.05) is 18.2 Å². The van der Waals surface area contributed by atoms with Crippen molar-refractivity contribution in [3.05, 3.63) is 83.7 Å². The molecule has 0 radical (unpaired) electrons. The van der Waals surface area contributed by atoms with Crippen LogP contribution in [-0.4, -0.2) is 31.3 Å². The first kappa shape index (κ1) is 18.6. The summed E-state index contributed by atoms with van der Waals surface area (Å²) >= 11 is 0. The van der Waals surface area contributed by atoms with Crippen LogP contribution >= 0.6 is 0 Å². The number of pyridine rings is 1. The summed E-state index contributed by atoms with van der Waals surface area (Å²) in [5.74, 6) is -0.929. The number of nitrogens with zero attached hydrogens (tertiary/aromatic N) is 2. The highest BCUT2D eigenvalue weighted by Crippen LogP contribution is 2.32. The zero-order chi connectivity index (χ0) is 21.5. The molecule has 0 aliphatic carbocycles. The maximum absolute atomic E-state index is 11.0. The van der Waals surface area contributed by atoms with Crippen LogP contribution in [0.25, 0.3) is 33.3 Å². The number of aromatic hydroxyl groups is 2. The Morgan fingerprint density at radius 2 is 1.71 bits per heavy atom. The number of fused-ring (bicyclic) bond motifs is 2. The third-order valence-corrected chi connectivity index (χ3v) is 5.16. The van der Waals surface area contributed by atoms with E-state index in [0.29, 0.717) is 29.0 Å². The van der Waals surface area contributed by atoms with Crippen LogP contribution in [0.2, 0.25) is 0 Å². The predicted molar refractivity (Wildman–Crippen MR) is 114 cm³/mol. The van der Waals surface area contributed by atoms with Gasteiger partial charge in [0.05, 0.1) is 5.56 Å². The molecular formula is C24H16N2O5. The van der Waals surface area contributed by atoms with Crippen LogP contribution in [0.5, 0.6) is 11.5 Å². The van der Waals surface area contributed by atoms with E-state index in [9.17, 15) is 15.0 Å². The summed E-state index contributed by atoms with van der Waals surface area (Å²) in [5, 5.41) is 30.2. The smallest absolute Gasteiger partial charge is 0.335 e. The van der Waals surface area contributed by atoms with Crippen LogP contribution in [0.4, 0.5) is 0 Å². The van der Waals surface area contributed by atoms with Gasteiger partial charge in [0.1, 0.15) is 5.52 Å². The van der Waals surface area contributed by atoms with E-state index >= 15 is 0 Å². The fourth-order valence-corrected chi connectivity index (χ4v) is 3.58. The minimum Gasteiger partial charge on any atom is -0.504 e. The highest BCUT2D eigenvalue weighted by molar-refractivity contribution is 5.89. The second-order valence-corrected chi connectivity index (χ2v) is 7.24. The van der Waals surface area contributed by atoms with Crippen LogP contribution in [-0.2, 0) is 6.42 Å². The molecule has 31 heavy (non-hydrogen) atoms. The van der Waals surface area contributed by atoms with E-state index in [2.05, 4.69) is 9.97 Å². The molecule has 3 N–H and O–H groups in total. The van der Waals surface area contributed by atoms with Crippen LogP contribution in [0.1, 0.15) is 21.5 Å². The van der Waals surface area contributed by atoms with Gasteiger partial charge in [0.15, 0.2) is 17.1 Å². The molecule has 0 aliphatic rings. The SMILES string of the molecule is O=C(O)c1ccc(-c2nc3cc(Cc4cncc5cc(O)c(O)cc45)ccc3o2)cc1. The number of phenolic OH excluding ortho intramolecular Hbond substituents is 2. The molecule has 0 amide bonds. The second-order valence-electron chi connectivity index (χ2n) is 7.24. The maximum atomic E-state index is 11.0. The molecule has 0 unspecified atom stereocenters. The van der Waals surface area contributed by atoms with Gasteiger partial charge in [-0.15, -0.1) is 0 Å². The van der Waals surface area contributed by atoms with Gasteiger partial charge in [-0.1, -0.05) is 6.07 Å². The number of oxazole rings is 1. The lowest BCUT2D eigenvalue weighted by molar-refractivity contribution is 0.0697. The van der Waals surface area contributed by atoms with E-state index in [1.54, 1.807) is 24.5 Å². The van der Waals surface area contributed by atoms with Gasteiger partial charge in [0.2, 0.25) is 5.89 Å². The summed E-state index contributed by atoms with van der Waals surface area (Å²) in [5.41, 5.74) is 4.08. The lowest BCUT2D eigenvalue weighted by atomic mass is 10.0. The summed E-state index contributed by atoms with van der Waals surface area (Å²) in [6.45, 7) is 0. The summed E-state index contributed by atoms with van der Waals surface area (Å²) in [4.78, 5) is 19.8. The summed E-state index contributed by atoms with van der Waals surface area (Å²) in [7, 11) is 0. The van der Waals surface area contributed by atoms with Gasteiger partial charge >= 0.3 is 5.97 Å². The zero-order valence-electron chi connectivity index (χ0n) is 16.1. The largest absolute Gasteiger partial charge is 0.504 e. The standard InChI is InChI=1S/C24H16N2O5/c27-20-9-17-12-25-11-16(18(17)10-21(20)28)7-13-1-6-22-19(8-13)26-23(31-22)14-2-4-15(5-3-14)24(29)30/h1-6,8-12,27-28H,7H2,(H,29,30). The number of carbonyl (C=O) groups is 1. The Labute approximate surface area is 175 Å². The number of aromatic carboxylic acids is 1. The Bertz CT molecular complexity index is 1450. The number of aromatic nitrogens is 2. The lowest BCUT2D eigenvalue weighted by Crippen LogP contribution is -1.94. The second kappa shape index (κ2) is 7.14. The van der Waals surface area contributed by atoms with Crippen molar-refractivity contribution < 1.29 is 24.5 Å². The minimum absolute atomic E-state index is 0.175. The molecule has 0 saturated carbocycles. The number of hydrogen-bond acceptors (Lipinski definition) is 6. The molecule has 2 heterocycles. The number of rotatable bonds is 4. The first-order chi connectivity index (χ1) is 15.0. The van der Waals surface area contributed by atoms with E-state index in [0.717, 1.165) is 21.9 Å². The summed E-state index contributed by atoms with van der Waals surface area (Å²) in [6.07, 6.45) is 3.93. The highest BCUT2D eigenvalue weighted by atomic mass is 16.4. The minimum atomic E-state index is -0.986. The summed E-state index contributed by atoms with van der Waals surface area (Å²) < 4.78 is 5.83. The van der Waals surface area contributed by atoms with Gasteiger partial charge in [-0.25, -0.2) is 9.78 Å². The molecule has 7 heteroatoms. The van der Waals surface area contributed by atoms with Crippen molar-refractivity contribution in [3.63, 3.8) is 0 Å². The van der Waals surface area contributed by atoms with Crippen LogP contribution in [0, 0.1) is 0 Å². The van der Waals surface area contributed by atoms with Crippen LogP contribution in [0.15, 0.2) is 71.4 Å². The molecule has 2 aromatic heterocycles. The Kier molecular flexibility index (Phi) is 4.29. The quantitative estimate of drug-likeness (QED) is 0.365. The van der Waals surface area contributed by atoms with Gasteiger partial charge in [-0.2, -0.15) is 0 Å². The first-order valence-electron chi connectivity index (χ1n) is 9.50. The molecule has 0 spiro atoms. The van der Waals surface area contributed by atoms with E-state index < -0.39 is 5.97 Å². The third kappa shape index (κ3) is 3.42. The van der Waals surface area contributed by atoms with Crippen LogP contribution < -0.4 is 0 Å². The molecule has 0 saturated heterocycles. The molecule has 3 aromatic carbocycles. The van der Waals surface area contributed by atoms with E-state index in [1.165, 1.54) is 24.3 Å². The molecule has 5 rings (SSSR count). The monoisotopic (exact) mass is 412 g/mol.